The number of amides is 1. The van der Waals surface area contributed by atoms with E-state index in [1.165, 1.54) is 18.2 Å². The highest BCUT2D eigenvalue weighted by molar-refractivity contribution is 6.74. The van der Waals surface area contributed by atoms with E-state index in [1.807, 2.05) is 26.0 Å². The average Bonchev–Trinajstić information content (AvgIpc) is 3.47. The molecular formula is C33H36F5N5O3Si. The molecule has 2 aromatic carbocycles. The number of hydrogen-bond donors (Lipinski definition) is 0. The Morgan fingerprint density at radius 1 is 0.979 bits per heavy atom. The molecule has 0 fully saturated rings. The van der Waals surface area contributed by atoms with E-state index >= 15 is 0 Å². The van der Waals surface area contributed by atoms with Crippen molar-refractivity contribution >= 4 is 25.3 Å². The summed E-state index contributed by atoms with van der Waals surface area (Å²) in [6, 6.07) is 7.51. The van der Waals surface area contributed by atoms with Gasteiger partial charge in [0.1, 0.15) is 23.7 Å². The smallest absolute Gasteiger partial charge is 0.406 e. The number of ether oxygens (including phenoxy) is 1. The third-order valence-electron chi connectivity index (χ3n) is 9.45. The normalized spacial score (nSPS) is 18.5. The molecule has 250 valence electrons. The van der Waals surface area contributed by atoms with Crippen molar-refractivity contribution in [2.24, 2.45) is 0 Å². The molecule has 0 saturated heterocycles. The summed E-state index contributed by atoms with van der Waals surface area (Å²) in [5, 5.41) is -0.00755. The minimum atomic E-state index is -4.70. The zero-order valence-corrected chi connectivity index (χ0v) is 28.1. The van der Waals surface area contributed by atoms with Crippen LogP contribution in [-0.4, -0.2) is 58.0 Å². The van der Waals surface area contributed by atoms with E-state index in [1.54, 1.807) is 23.0 Å². The van der Waals surface area contributed by atoms with Gasteiger partial charge in [-0.1, -0.05) is 32.9 Å². The molecule has 0 N–H and O–H groups in total. The monoisotopic (exact) mass is 673 g/mol. The van der Waals surface area contributed by atoms with E-state index in [2.05, 4.69) is 48.8 Å². The van der Waals surface area contributed by atoms with Crippen molar-refractivity contribution < 1.29 is 35.9 Å². The van der Waals surface area contributed by atoms with Crippen LogP contribution in [-0.2, 0) is 10.0 Å². The second-order valence-corrected chi connectivity index (χ2v) is 18.8. The van der Waals surface area contributed by atoms with Crippen LogP contribution < -0.4 is 4.74 Å². The largest absolute Gasteiger partial charge is 0.434 e. The van der Waals surface area contributed by atoms with Crippen molar-refractivity contribution in [3.05, 3.63) is 71.6 Å². The highest BCUT2D eigenvalue weighted by Crippen LogP contribution is 2.51. The second-order valence-electron chi connectivity index (χ2n) is 14.1. The van der Waals surface area contributed by atoms with Crippen molar-refractivity contribution in [3.63, 3.8) is 0 Å². The first-order valence-electron chi connectivity index (χ1n) is 15.3. The number of aromatic nitrogens is 4. The first-order chi connectivity index (χ1) is 21.8. The SMILES string of the molecule is CC(C)(O[Si](C)(C)C(C)(C)C)c1ncc(-c2ccc3nc4n(c3c2)[C@@H]2C[C@H]4N(CC(F)(F)F)C(=O)c3cccc(OC(F)F)c32)cn1. The topological polar surface area (TPSA) is 82.4 Å². The lowest BCUT2D eigenvalue weighted by molar-refractivity contribution is -0.145. The van der Waals surface area contributed by atoms with Crippen LogP contribution in [0.15, 0.2) is 48.8 Å². The highest BCUT2D eigenvalue weighted by Gasteiger charge is 2.49. The van der Waals surface area contributed by atoms with E-state index in [9.17, 15) is 26.7 Å². The number of rotatable bonds is 7. The Bertz CT molecular complexity index is 1850. The molecule has 8 nitrogen and oxygen atoms in total. The summed E-state index contributed by atoms with van der Waals surface area (Å²) in [6.07, 6.45) is -1.30. The molecule has 1 amide bonds. The summed E-state index contributed by atoms with van der Waals surface area (Å²) in [7, 11) is -2.14. The van der Waals surface area contributed by atoms with Gasteiger partial charge in [0.15, 0.2) is 14.1 Å². The van der Waals surface area contributed by atoms with Gasteiger partial charge in [-0.2, -0.15) is 22.0 Å². The van der Waals surface area contributed by atoms with Crippen molar-refractivity contribution in [2.75, 3.05) is 6.54 Å². The van der Waals surface area contributed by atoms with Crippen LogP contribution in [0.2, 0.25) is 18.1 Å². The standard InChI is InChI=1S/C33H36F5N5O3Si/c1-31(2,3)47(6,7)46-32(4,5)29-39-15-19(16-40-29)18-11-12-21-22(13-18)43-23-14-24(27(43)41-21)42(17-33(36,37)38)28(44)20-9-8-10-25(26(20)23)45-30(34)35/h8-13,15-16,23-24,30H,14,17H2,1-7H3/t23-,24-/m1/s1. The summed E-state index contributed by atoms with van der Waals surface area (Å²) in [5.74, 6) is -0.407. The minimum absolute atomic E-state index is 0.00755. The number of fused-ring (bicyclic) bond motifs is 9. The van der Waals surface area contributed by atoms with E-state index in [-0.39, 0.29) is 34.2 Å². The summed E-state index contributed by atoms with van der Waals surface area (Å²) in [5.41, 5.74) is 1.70. The molecule has 4 heterocycles. The van der Waals surface area contributed by atoms with Gasteiger partial charge in [0, 0.05) is 35.5 Å². The third-order valence-corrected chi connectivity index (χ3v) is 14.1. The number of benzene rings is 2. The Hall–Kier alpha value is -3.91. The average molecular weight is 674 g/mol. The maximum atomic E-state index is 13.8. The van der Waals surface area contributed by atoms with Gasteiger partial charge in [-0.05, 0) is 61.8 Å². The molecule has 2 bridgehead atoms. The van der Waals surface area contributed by atoms with Crippen molar-refractivity contribution in [1.29, 1.82) is 0 Å². The molecule has 2 atom stereocenters. The maximum absolute atomic E-state index is 13.8. The predicted molar refractivity (Wildman–Crippen MR) is 168 cm³/mol. The zero-order valence-electron chi connectivity index (χ0n) is 27.1. The van der Waals surface area contributed by atoms with Crippen LogP contribution in [0.5, 0.6) is 5.75 Å². The van der Waals surface area contributed by atoms with E-state index < -0.39 is 51.2 Å². The second kappa shape index (κ2) is 11.1. The number of alkyl halides is 5. The van der Waals surface area contributed by atoms with Gasteiger partial charge in [-0.15, -0.1) is 0 Å². The minimum Gasteiger partial charge on any atom is -0.434 e. The number of carbonyl (C=O) groups excluding carboxylic acids is 1. The first-order valence-corrected chi connectivity index (χ1v) is 18.2. The van der Waals surface area contributed by atoms with E-state index in [0.29, 0.717) is 22.4 Å². The third kappa shape index (κ3) is 5.90. The zero-order chi connectivity index (χ0) is 34.3. The molecule has 2 aliphatic heterocycles. The Balaban J connectivity index is 1.43. The molecule has 2 aliphatic rings. The Morgan fingerprint density at radius 2 is 1.66 bits per heavy atom. The maximum Gasteiger partial charge on any atom is 0.406 e. The fraction of sp³-hybridized carbons (Fsp3) is 0.455. The Kier molecular flexibility index (Phi) is 7.78. The van der Waals surface area contributed by atoms with Gasteiger partial charge >= 0.3 is 12.8 Å². The van der Waals surface area contributed by atoms with Crippen LogP contribution in [0, 0.1) is 0 Å². The lowest BCUT2D eigenvalue weighted by Crippen LogP contribution is -2.46. The lowest BCUT2D eigenvalue weighted by Gasteiger charge is -2.42. The highest BCUT2D eigenvalue weighted by atomic mass is 28.4. The molecule has 14 heteroatoms. The fourth-order valence-corrected chi connectivity index (χ4v) is 8.03. The van der Waals surface area contributed by atoms with Crippen LogP contribution in [0.1, 0.15) is 80.7 Å². The molecule has 0 unspecified atom stereocenters. The summed E-state index contributed by atoms with van der Waals surface area (Å²) < 4.78 is 81.5. The Morgan fingerprint density at radius 3 is 2.28 bits per heavy atom. The van der Waals surface area contributed by atoms with Gasteiger partial charge in [-0.3, -0.25) is 4.79 Å². The molecule has 4 aromatic rings. The number of nitrogens with zero attached hydrogens (tertiary/aromatic N) is 5. The number of carbonyl (C=O) groups is 1. The molecule has 6 rings (SSSR count). The molecule has 0 saturated carbocycles. The van der Waals surface area contributed by atoms with Crippen LogP contribution in [0.3, 0.4) is 0 Å². The van der Waals surface area contributed by atoms with Gasteiger partial charge in [0.2, 0.25) is 0 Å². The molecule has 2 aromatic heterocycles. The quantitative estimate of drug-likeness (QED) is 0.145. The molecule has 47 heavy (non-hydrogen) atoms. The molecule has 0 spiro atoms. The lowest BCUT2D eigenvalue weighted by atomic mass is 9.97. The van der Waals surface area contributed by atoms with Gasteiger partial charge in [0.05, 0.1) is 23.1 Å². The molecule has 0 aliphatic carbocycles. The number of halogens is 5. The molecule has 0 radical (unpaired) electrons. The van der Waals surface area contributed by atoms with Crippen LogP contribution >= 0.6 is 0 Å². The van der Waals surface area contributed by atoms with E-state index in [0.717, 1.165) is 10.5 Å². The number of imidazole rings is 1. The van der Waals surface area contributed by atoms with E-state index in [4.69, 9.17) is 9.16 Å². The summed E-state index contributed by atoms with van der Waals surface area (Å²) in [4.78, 5) is 28.2. The summed E-state index contributed by atoms with van der Waals surface area (Å²) in [6.45, 7) is 9.99. The van der Waals surface area contributed by atoms with Crippen molar-refractivity contribution in [3.8, 4) is 16.9 Å². The van der Waals surface area contributed by atoms with Gasteiger partial charge in [0.25, 0.3) is 5.91 Å². The van der Waals surface area contributed by atoms with Gasteiger partial charge in [-0.25, -0.2) is 15.0 Å². The predicted octanol–water partition coefficient (Wildman–Crippen LogP) is 8.40. The van der Waals surface area contributed by atoms with Crippen LogP contribution in [0.4, 0.5) is 22.0 Å². The fourth-order valence-electron chi connectivity index (χ4n) is 6.36. The first kappa shape index (κ1) is 33.0. The van der Waals surface area contributed by atoms with Crippen LogP contribution in [0.25, 0.3) is 22.2 Å². The van der Waals surface area contributed by atoms with Crippen molar-refractivity contribution in [1.82, 2.24) is 24.4 Å². The molecular weight excluding hydrogens is 637 g/mol. The van der Waals surface area contributed by atoms with Crippen molar-refractivity contribution in [2.45, 2.75) is 89.6 Å². The summed E-state index contributed by atoms with van der Waals surface area (Å²) >= 11 is 0. The van der Waals surface area contributed by atoms with Gasteiger partial charge < -0.3 is 18.6 Å². The Labute approximate surface area is 270 Å². The number of hydrogen-bond acceptors (Lipinski definition) is 6.